The lowest BCUT2D eigenvalue weighted by molar-refractivity contribution is -0.149. The van der Waals surface area contributed by atoms with Crippen LogP contribution in [-0.2, 0) is 10.5 Å². The van der Waals surface area contributed by atoms with E-state index in [-0.39, 0.29) is 18.1 Å². The van der Waals surface area contributed by atoms with Crippen molar-refractivity contribution < 1.29 is 19.0 Å². The van der Waals surface area contributed by atoms with Gasteiger partial charge in [-0.2, -0.15) is 5.26 Å². The molecule has 2 aromatic rings. The Kier molecular flexibility index (Phi) is 4.61. The molecule has 2 atom stereocenters. The van der Waals surface area contributed by atoms with Gasteiger partial charge in [-0.15, -0.1) is 11.8 Å². The fraction of sp³-hybridized carbons (Fsp3) is 0.238. The third-order valence-corrected chi connectivity index (χ3v) is 6.34. The molecule has 28 heavy (non-hydrogen) atoms. The summed E-state index contributed by atoms with van der Waals surface area (Å²) in [5.41, 5.74) is 0.0682. The molecular formula is C21H17FN2O3S. The smallest absolute Gasteiger partial charge is 0.231 e. The molecule has 2 heterocycles. The van der Waals surface area contributed by atoms with E-state index in [0.29, 0.717) is 21.9 Å². The Bertz CT molecular complexity index is 1020. The van der Waals surface area contributed by atoms with E-state index in [4.69, 9.17) is 4.74 Å². The first kappa shape index (κ1) is 18.5. The molecule has 1 N–H and O–H groups in total. The summed E-state index contributed by atoms with van der Waals surface area (Å²) in [5, 5.41) is 21.6. The summed E-state index contributed by atoms with van der Waals surface area (Å²) in [4.78, 5) is 14.3. The van der Waals surface area contributed by atoms with Gasteiger partial charge in [-0.25, -0.2) is 4.39 Å². The Labute approximate surface area is 166 Å². The zero-order valence-corrected chi connectivity index (χ0v) is 15.9. The molecule has 0 radical (unpaired) electrons. The molecule has 1 amide bonds. The Morgan fingerprint density at radius 1 is 1.32 bits per heavy atom. The molecule has 0 spiro atoms. The van der Waals surface area contributed by atoms with E-state index in [1.165, 1.54) is 40.9 Å². The van der Waals surface area contributed by atoms with Crippen LogP contribution in [0.5, 0.6) is 5.75 Å². The van der Waals surface area contributed by atoms with Gasteiger partial charge in [-0.05, 0) is 29.8 Å². The maximum absolute atomic E-state index is 13.3. The molecule has 4 rings (SSSR count). The largest absolute Gasteiger partial charge is 0.497 e. The zero-order chi connectivity index (χ0) is 19.9. The van der Waals surface area contributed by atoms with Crippen molar-refractivity contribution in [2.24, 2.45) is 0 Å². The number of rotatable bonds is 3. The number of hydrogen-bond acceptors (Lipinski definition) is 5. The van der Waals surface area contributed by atoms with Gasteiger partial charge in [0.25, 0.3) is 0 Å². The highest BCUT2D eigenvalue weighted by Crippen LogP contribution is 2.51. The van der Waals surface area contributed by atoms with Crippen LogP contribution < -0.4 is 4.74 Å². The first-order valence-corrected chi connectivity index (χ1v) is 9.69. The van der Waals surface area contributed by atoms with E-state index in [0.717, 1.165) is 5.56 Å². The van der Waals surface area contributed by atoms with Crippen molar-refractivity contribution in [2.75, 3.05) is 12.9 Å². The summed E-state index contributed by atoms with van der Waals surface area (Å²) in [6.45, 7) is 0. The summed E-state index contributed by atoms with van der Waals surface area (Å²) in [7, 11) is 1.56. The van der Waals surface area contributed by atoms with Gasteiger partial charge in [0.1, 0.15) is 11.6 Å². The zero-order valence-electron chi connectivity index (χ0n) is 15.1. The van der Waals surface area contributed by atoms with Crippen LogP contribution in [0.3, 0.4) is 0 Å². The Hall–Kier alpha value is -2.82. The Balaban J connectivity index is 1.79. The highest BCUT2D eigenvalue weighted by molar-refractivity contribution is 8.03. The van der Waals surface area contributed by atoms with Gasteiger partial charge in [-0.3, -0.25) is 9.69 Å². The maximum atomic E-state index is 13.3. The van der Waals surface area contributed by atoms with Crippen LogP contribution in [0, 0.1) is 17.1 Å². The van der Waals surface area contributed by atoms with Crippen molar-refractivity contribution in [1.82, 2.24) is 4.90 Å². The molecular weight excluding hydrogens is 379 g/mol. The highest BCUT2D eigenvalue weighted by atomic mass is 32.2. The molecule has 0 aliphatic carbocycles. The van der Waals surface area contributed by atoms with Gasteiger partial charge in [-0.1, -0.05) is 24.3 Å². The average molecular weight is 396 g/mol. The van der Waals surface area contributed by atoms with Gasteiger partial charge in [0.15, 0.2) is 5.72 Å². The van der Waals surface area contributed by atoms with E-state index in [9.17, 15) is 19.6 Å². The second kappa shape index (κ2) is 6.97. The first-order chi connectivity index (χ1) is 13.5. The first-order valence-electron chi connectivity index (χ1n) is 8.70. The third kappa shape index (κ3) is 2.86. The lowest BCUT2D eigenvalue weighted by atomic mass is 9.85. The lowest BCUT2D eigenvalue weighted by Crippen LogP contribution is -2.48. The van der Waals surface area contributed by atoms with E-state index in [2.05, 4.69) is 6.07 Å². The summed E-state index contributed by atoms with van der Waals surface area (Å²) in [6, 6.07) is 15.0. The highest BCUT2D eigenvalue weighted by Gasteiger charge is 2.51. The van der Waals surface area contributed by atoms with E-state index < -0.39 is 17.5 Å². The van der Waals surface area contributed by atoms with Crippen molar-refractivity contribution in [3.8, 4) is 11.8 Å². The maximum Gasteiger partial charge on any atom is 0.231 e. The van der Waals surface area contributed by atoms with Crippen molar-refractivity contribution in [2.45, 2.75) is 18.1 Å². The van der Waals surface area contributed by atoms with Crippen LogP contribution >= 0.6 is 11.8 Å². The van der Waals surface area contributed by atoms with Gasteiger partial charge in [0, 0.05) is 17.9 Å². The third-order valence-electron chi connectivity index (χ3n) is 5.11. The molecule has 0 unspecified atom stereocenters. The van der Waals surface area contributed by atoms with Crippen molar-refractivity contribution in [3.63, 3.8) is 0 Å². The molecule has 1 fully saturated rings. The summed E-state index contributed by atoms with van der Waals surface area (Å²) in [6.07, 6.45) is 0.0592. The molecule has 7 heteroatoms. The number of hydrogen-bond donors (Lipinski definition) is 1. The molecule has 0 aromatic heterocycles. The van der Waals surface area contributed by atoms with Gasteiger partial charge >= 0.3 is 0 Å². The summed E-state index contributed by atoms with van der Waals surface area (Å²) in [5.74, 6) is -0.276. The standard InChI is InChI=1S/C21H17FN2O3S/c1-27-16-4-2-3-13(9-16)17-10-19(25)24-20(18(17)11-23)28-12-21(24,26)14-5-7-15(22)8-6-14/h2-9,17,26H,10,12H2,1H3/t17-,21+/m1/s1. The second-order valence-electron chi connectivity index (χ2n) is 6.71. The molecule has 0 saturated carbocycles. The van der Waals surface area contributed by atoms with Crippen LogP contribution in [0.25, 0.3) is 0 Å². The molecule has 2 aliphatic heterocycles. The average Bonchev–Trinajstić information content (AvgIpc) is 3.07. The summed E-state index contributed by atoms with van der Waals surface area (Å²) < 4.78 is 18.6. The predicted octanol–water partition coefficient (Wildman–Crippen LogP) is 3.48. The van der Waals surface area contributed by atoms with E-state index in [1.807, 2.05) is 18.2 Å². The number of carbonyl (C=O) groups is 1. The van der Waals surface area contributed by atoms with Gasteiger partial charge < -0.3 is 9.84 Å². The fourth-order valence-electron chi connectivity index (χ4n) is 3.70. The van der Waals surface area contributed by atoms with Gasteiger partial charge in [0.05, 0.1) is 29.5 Å². The monoisotopic (exact) mass is 396 g/mol. The van der Waals surface area contributed by atoms with Crippen molar-refractivity contribution in [1.29, 1.82) is 5.26 Å². The lowest BCUT2D eigenvalue weighted by Gasteiger charge is -2.38. The number of methoxy groups -OCH3 is 1. The number of fused-ring (bicyclic) bond motifs is 1. The molecule has 0 bridgehead atoms. The second-order valence-corrected chi connectivity index (χ2v) is 7.67. The number of amides is 1. The molecule has 5 nitrogen and oxygen atoms in total. The molecule has 2 aromatic carbocycles. The fourth-order valence-corrected chi connectivity index (χ4v) is 5.06. The summed E-state index contributed by atoms with van der Waals surface area (Å²) >= 11 is 1.26. The molecule has 142 valence electrons. The number of thioether (sulfide) groups is 1. The van der Waals surface area contributed by atoms with Crippen LogP contribution in [0.4, 0.5) is 4.39 Å². The Morgan fingerprint density at radius 2 is 2.07 bits per heavy atom. The van der Waals surface area contributed by atoms with Crippen molar-refractivity contribution in [3.05, 3.63) is 76.1 Å². The normalized spacial score (nSPS) is 24.1. The molecule has 2 aliphatic rings. The van der Waals surface area contributed by atoms with Crippen LogP contribution in [0.2, 0.25) is 0 Å². The van der Waals surface area contributed by atoms with Crippen LogP contribution in [-0.4, -0.2) is 28.8 Å². The van der Waals surface area contributed by atoms with E-state index >= 15 is 0 Å². The minimum Gasteiger partial charge on any atom is -0.497 e. The van der Waals surface area contributed by atoms with Crippen LogP contribution in [0.1, 0.15) is 23.5 Å². The minimum absolute atomic E-state index is 0.0592. The van der Waals surface area contributed by atoms with E-state index in [1.54, 1.807) is 13.2 Å². The number of aliphatic hydroxyl groups is 1. The number of benzene rings is 2. The minimum atomic E-state index is -1.60. The van der Waals surface area contributed by atoms with Crippen molar-refractivity contribution >= 4 is 17.7 Å². The molecule has 1 saturated heterocycles. The topological polar surface area (TPSA) is 73.6 Å². The number of allylic oxidation sites excluding steroid dienone is 1. The predicted molar refractivity (Wildman–Crippen MR) is 103 cm³/mol. The number of ether oxygens (including phenoxy) is 1. The quantitative estimate of drug-likeness (QED) is 0.860. The van der Waals surface area contributed by atoms with Crippen LogP contribution in [0.15, 0.2) is 59.1 Å². The number of carbonyl (C=O) groups excluding carboxylic acids is 1. The number of nitriles is 1. The SMILES string of the molecule is COc1cccc([C@H]2CC(=O)N3C(=C2C#N)SC[C@]3(O)c2ccc(F)cc2)c1. The Morgan fingerprint density at radius 3 is 2.75 bits per heavy atom. The number of halogens is 1. The van der Waals surface area contributed by atoms with Gasteiger partial charge in [0.2, 0.25) is 5.91 Å². The number of nitrogens with zero attached hydrogens (tertiary/aromatic N) is 2.